The number of nitrogens with one attached hydrogen (secondary N) is 1. The second-order valence-corrected chi connectivity index (χ2v) is 5.78. The van der Waals surface area contributed by atoms with Gasteiger partial charge >= 0.3 is 6.03 Å². The minimum atomic E-state index is -0.248. The van der Waals surface area contributed by atoms with Crippen LogP contribution in [-0.2, 0) is 4.79 Å². The molecule has 3 amide bonds. The fourth-order valence-electron chi connectivity index (χ4n) is 2.02. The summed E-state index contributed by atoms with van der Waals surface area (Å²) >= 11 is 0. The third-order valence-electron chi connectivity index (χ3n) is 2.87. The van der Waals surface area contributed by atoms with Gasteiger partial charge in [0, 0.05) is 25.0 Å². The van der Waals surface area contributed by atoms with Gasteiger partial charge in [0.1, 0.15) is 0 Å². The Kier molecular flexibility index (Phi) is 4.37. The maximum atomic E-state index is 11.9. The number of piperidine rings is 1. The summed E-state index contributed by atoms with van der Waals surface area (Å²) in [6.45, 7) is 7.31. The van der Waals surface area contributed by atoms with E-state index in [-0.39, 0.29) is 17.5 Å². The maximum Gasteiger partial charge on any atom is 0.317 e. The Morgan fingerprint density at radius 3 is 2.24 bits per heavy atom. The van der Waals surface area contributed by atoms with E-state index < -0.39 is 0 Å². The molecule has 3 N–H and O–H groups in total. The summed E-state index contributed by atoms with van der Waals surface area (Å²) < 4.78 is 0. The topological polar surface area (TPSA) is 75.4 Å². The predicted molar refractivity (Wildman–Crippen MR) is 66.4 cm³/mol. The van der Waals surface area contributed by atoms with Crippen LogP contribution in [0.1, 0.15) is 40.0 Å². The number of urea groups is 1. The van der Waals surface area contributed by atoms with Crippen molar-refractivity contribution in [3.05, 3.63) is 0 Å². The van der Waals surface area contributed by atoms with E-state index in [2.05, 4.69) is 5.32 Å². The lowest BCUT2D eigenvalue weighted by Gasteiger charge is -2.34. The zero-order valence-corrected chi connectivity index (χ0v) is 11.0. The maximum absolute atomic E-state index is 11.9. The highest BCUT2D eigenvalue weighted by molar-refractivity contribution is 5.75. The molecular formula is C12H23N3O2. The number of hydrogen-bond donors (Lipinski definition) is 2. The number of nitrogens with zero attached hydrogens (tertiary/aromatic N) is 1. The molecule has 0 saturated carbocycles. The van der Waals surface area contributed by atoms with Gasteiger partial charge in [-0.05, 0) is 39.5 Å². The van der Waals surface area contributed by atoms with Crippen LogP contribution in [0.3, 0.4) is 0 Å². The van der Waals surface area contributed by atoms with Crippen LogP contribution in [0.2, 0.25) is 0 Å². The molecule has 0 atom stereocenters. The quantitative estimate of drug-likeness (QED) is 0.759. The Hall–Kier alpha value is -1.26. The zero-order chi connectivity index (χ0) is 13.1. The predicted octanol–water partition coefficient (Wildman–Crippen LogP) is 1.08. The van der Waals surface area contributed by atoms with Crippen molar-refractivity contribution >= 4 is 11.9 Å². The molecule has 0 spiro atoms. The summed E-state index contributed by atoms with van der Waals surface area (Å²) in [5.41, 5.74) is 4.96. The van der Waals surface area contributed by atoms with Gasteiger partial charge in [-0.15, -0.1) is 0 Å². The van der Waals surface area contributed by atoms with Crippen LogP contribution in [0.5, 0.6) is 0 Å². The third kappa shape index (κ3) is 5.06. The Morgan fingerprint density at radius 1 is 1.29 bits per heavy atom. The number of carbonyl (C=O) groups excluding carboxylic acids is 2. The summed E-state index contributed by atoms with van der Waals surface area (Å²) in [6, 6.07) is -0.0185. The van der Waals surface area contributed by atoms with E-state index in [9.17, 15) is 9.59 Å². The standard InChI is InChI=1S/C12H23N3O2/c1-12(2,3)14-11(17)15-6-4-9(5-7-15)8-10(13)16/h9H,4-8H2,1-3H3,(H2,13,16)(H,14,17). The Bertz CT molecular complexity index is 289. The van der Waals surface area contributed by atoms with E-state index >= 15 is 0 Å². The number of likely N-dealkylation sites (tertiary alicyclic amines) is 1. The lowest BCUT2D eigenvalue weighted by Crippen LogP contribution is -2.50. The smallest absolute Gasteiger partial charge is 0.317 e. The van der Waals surface area contributed by atoms with E-state index in [1.165, 1.54) is 0 Å². The van der Waals surface area contributed by atoms with E-state index in [0.717, 1.165) is 12.8 Å². The van der Waals surface area contributed by atoms with Crippen molar-refractivity contribution in [3.8, 4) is 0 Å². The molecule has 0 unspecified atom stereocenters. The first-order chi connectivity index (χ1) is 7.78. The highest BCUT2D eigenvalue weighted by atomic mass is 16.2. The average Bonchev–Trinajstić information content (AvgIpc) is 2.15. The number of primary amides is 1. The van der Waals surface area contributed by atoms with Crippen molar-refractivity contribution in [1.82, 2.24) is 10.2 Å². The number of rotatable bonds is 2. The molecule has 0 aliphatic carbocycles. The molecule has 0 aromatic rings. The van der Waals surface area contributed by atoms with Gasteiger partial charge in [0.2, 0.25) is 5.91 Å². The van der Waals surface area contributed by atoms with E-state index in [1.807, 2.05) is 25.7 Å². The highest BCUT2D eigenvalue weighted by Crippen LogP contribution is 2.20. The van der Waals surface area contributed by atoms with Gasteiger partial charge in [0.25, 0.3) is 0 Å². The molecule has 1 saturated heterocycles. The monoisotopic (exact) mass is 241 g/mol. The number of nitrogens with two attached hydrogens (primary N) is 1. The second-order valence-electron chi connectivity index (χ2n) is 5.78. The molecular weight excluding hydrogens is 218 g/mol. The largest absolute Gasteiger partial charge is 0.370 e. The first-order valence-corrected chi connectivity index (χ1v) is 6.13. The first kappa shape index (κ1) is 13.8. The molecule has 5 heteroatoms. The minimum absolute atomic E-state index is 0.0185. The van der Waals surface area contributed by atoms with Crippen molar-refractivity contribution < 1.29 is 9.59 Å². The van der Waals surface area contributed by atoms with Crippen molar-refractivity contribution in [2.45, 2.75) is 45.6 Å². The molecule has 98 valence electrons. The van der Waals surface area contributed by atoms with Gasteiger partial charge < -0.3 is 16.0 Å². The van der Waals surface area contributed by atoms with Gasteiger partial charge in [0.05, 0.1) is 0 Å². The lowest BCUT2D eigenvalue weighted by molar-refractivity contribution is -0.119. The number of hydrogen-bond acceptors (Lipinski definition) is 2. The normalized spacial score (nSPS) is 17.9. The molecule has 1 aliphatic rings. The minimum Gasteiger partial charge on any atom is -0.370 e. The molecule has 0 radical (unpaired) electrons. The van der Waals surface area contributed by atoms with Crippen LogP contribution in [0.25, 0.3) is 0 Å². The summed E-state index contributed by atoms with van der Waals surface area (Å²) in [4.78, 5) is 24.5. The zero-order valence-electron chi connectivity index (χ0n) is 11.0. The highest BCUT2D eigenvalue weighted by Gasteiger charge is 2.25. The molecule has 17 heavy (non-hydrogen) atoms. The van der Waals surface area contributed by atoms with Crippen molar-refractivity contribution in [2.24, 2.45) is 11.7 Å². The molecule has 0 bridgehead atoms. The molecule has 0 aromatic heterocycles. The fourth-order valence-corrected chi connectivity index (χ4v) is 2.02. The Balaban J connectivity index is 2.36. The van der Waals surface area contributed by atoms with Crippen molar-refractivity contribution in [1.29, 1.82) is 0 Å². The molecule has 1 aliphatic heterocycles. The first-order valence-electron chi connectivity index (χ1n) is 6.13. The van der Waals surface area contributed by atoms with E-state index in [4.69, 9.17) is 5.73 Å². The summed E-state index contributed by atoms with van der Waals surface area (Å²) in [5, 5.41) is 2.94. The third-order valence-corrected chi connectivity index (χ3v) is 2.87. The van der Waals surface area contributed by atoms with Gasteiger partial charge in [-0.3, -0.25) is 4.79 Å². The SMILES string of the molecule is CC(C)(C)NC(=O)N1CCC(CC(N)=O)CC1. The molecule has 1 fully saturated rings. The van der Waals surface area contributed by atoms with Gasteiger partial charge in [-0.25, -0.2) is 4.79 Å². The van der Waals surface area contributed by atoms with Crippen molar-refractivity contribution in [2.75, 3.05) is 13.1 Å². The molecule has 0 aromatic carbocycles. The lowest BCUT2D eigenvalue weighted by atomic mass is 9.93. The molecule has 5 nitrogen and oxygen atoms in total. The Morgan fingerprint density at radius 2 is 1.82 bits per heavy atom. The number of amides is 3. The number of carbonyl (C=O) groups is 2. The summed E-state index contributed by atoms with van der Waals surface area (Å²) in [7, 11) is 0. The Labute approximate surface area is 103 Å². The van der Waals surface area contributed by atoms with Gasteiger partial charge in [-0.1, -0.05) is 0 Å². The van der Waals surface area contributed by atoms with Crippen LogP contribution in [0, 0.1) is 5.92 Å². The molecule has 1 rings (SSSR count). The fraction of sp³-hybridized carbons (Fsp3) is 0.833. The van der Waals surface area contributed by atoms with Gasteiger partial charge in [0.15, 0.2) is 0 Å². The van der Waals surface area contributed by atoms with E-state index in [0.29, 0.717) is 25.4 Å². The van der Waals surface area contributed by atoms with Crippen LogP contribution in [0.15, 0.2) is 0 Å². The summed E-state index contributed by atoms with van der Waals surface area (Å²) in [6.07, 6.45) is 2.16. The van der Waals surface area contributed by atoms with Gasteiger partial charge in [-0.2, -0.15) is 0 Å². The second kappa shape index (κ2) is 5.38. The van der Waals surface area contributed by atoms with E-state index in [1.54, 1.807) is 0 Å². The van der Waals surface area contributed by atoms with Crippen LogP contribution in [-0.4, -0.2) is 35.5 Å². The average molecular weight is 241 g/mol. The van der Waals surface area contributed by atoms with Crippen LogP contribution in [0.4, 0.5) is 4.79 Å². The molecule has 1 heterocycles. The summed E-state index contributed by atoms with van der Waals surface area (Å²) in [5.74, 6) is 0.0915. The van der Waals surface area contributed by atoms with Crippen LogP contribution >= 0.6 is 0 Å². The van der Waals surface area contributed by atoms with Crippen LogP contribution < -0.4 is 11.1 Å². The van der Waals surface area contributed by atoms with Crippen molar-refractivity contribution in [3.63, 3.8) is 0 Å².